The van der Waals surface area contributed by atoms with Gasteiger partial charge < -0.3 is 15.1 Å². The van der Waals surface area contributed by atoms with Gasteiger partial charge in [-0.15, -0.1) is 0 Å². The second kappa shape index (κ2) is 7.65. The van der Waals surface area contributed by atoms with E-state index in [4.69, 9.17) is 4.42 Å². The van der Waals surface area contributed by atoms with Crippen LogP contribution in [0, 0.1) is 0 Å². The van der Waals surface area contributed by atoms with Crippen LogP contribution >= 0.6 is 0 Å². The smallest absolute Gasteiger partial charge is 0.325 e. The summed E-state index contributed by atoms with van der Waals surface area (Å²) in [7, 11) is 0. The van der Waals surface area contributed by atoms with E-state index in [1.165, 1.54) is 11.2 Å². The summed E-state index contributed by atoms with van der Waals surface area (Å²) >= 11 is 0. The lowest BCUT2D eigenvalue weighted by atomic mass is 10.1. The van der Waals surface area contributed by atoms with Gasteiger partial charge in [0.15, 0.2) is 0 Å². The zero-order chi connectivity index (χ0) is 17.6. The molecule has 0 spiro atoms. The van der Waals surface area contributed by atoms with Crippen molar-refractivity contribution in [2.75, 3.05) is 0 Å². The number of amides is 4. The van der Waals surface area contributed by atoms with Crippen LogP contribution in [0.5, 0.6) is 0 Å². The average molecular weight is 341 g/mol. The molecule has 0 unspecified atom stereocenters. The van der Waals surface area contributed by atoms with Crippen LogP contribution in [0.2, 0.25) is 0 Å². The summed E-state index contributed by atoms with van der Waals surface area (Å²) < 4.78 is 5.13. The van der Waals surface area contributed by atoms with E-state index in [0.717, 1.165) is 5.56 Å². The molecule has 7 nitrogen and oxygen atoms in total. The summed E-state index contributed by atoms with van der Waals surface area (Å²) in [6, 6.07) is 11.7. The number of rotatable bonds is 7. The van der Waals surface area contributed by atoms with Crippen LogP contribution in [0.15, 0.2) is 53.1 Å². The first kappa shape index (κ1) is 16.8. The topological polar surface area (TPSA) is 91.7 Å². The molecular weight excluding hydrogens is 322 g/mol. The lowest BCUT2D eigenvalue weighted by Gasteiger charge is -2.13. The number of furan rings is 1. The molecule has 2 heterocycles. The summed E-state index contributed by atoms with van der Waals surface area (Å²) in [4.78, 5) is 37.4. The minimum Gasteiger partial charge on any atom is -0.467 e. The van der Waals surface area contributed by atoms with Gasteiger partial charge in [0.1, 0.15) is 11.8 Å². The molecule has 1 fully saturated rings. The van der Waals surface area contributed by atoms with Crippen LogP contribution in [-0.4, -0.2) is 28.8 Å². The second-order valence-corrected chi connectivity index (χ2v) is 5.81. The minimum atomic E-state index is -0.662. The predicted octanol–water partition coefficient (Wildman–Crippen LogP) is 1.80. The van der Waals surface area contributed by atoms with Crippen molar-refractivity contribution in [3.05, 3.63) is 60.1 Å². The summed E-state index contributed by atoms with van der Waals surface area (Å²) in [5, 5.41) is 5.35. The van der Waals surface area contributed by atoms with Crippen molar-refractivity contribution in [2.24, 2.45) is 0 Å². The van der Waals surface area contributed by atoms with E-state index in [9.17, 15) is 14.4 Å². The van der Waals surface area contributed by atoms with Gasteiger partial charge in [-0.05, 0) is 24.1 Å². The number of nitrogens with zero attached hydrogens (tertiary/aromatic N) is 1. The van der Waals surface area contributed by atoms with Crippen molar-refractivity contribution in [3.8, 4) is 0 Å². The van der Waals surface area contributed by atoms with E-state index in [1.54, 1.807) is 12.1 Å². The van der Waals surface area contributed by atoms with Gasteiger partial charge in [-0.25, -0.2) is 4.79 Å². The maximum atomic E-state index is 12.4. The Morgan fingerprint density at radius 3 is 2.68 bits per heavy atom. The van der Waals surface area contributed by atoms with E-state index >= 15 is 0 Å². The molecule has 2 N–H and O–H groups in total. The standard InChI is InChI=1S/C18H19N3O4/c22-16(19-11-14-7-4-10-25-14)9-8-15-17(23)21(18(24)20-15)12-13-5-2-1-3-6-13/h1-7,10,15H,8-9,11-12H2,(H,19,22)(H,20,24)/t15-/m0/s1. The van der Waals surface area contributed by atoms with Crippen LogP contribution in [0.1, 0.15) is 24.2 Å². The van der Waals surface area contributed by atoms with Gasteiger partial charge in [0, 0.05) is 6.42 Å². The highest BCUT2D eigenvalue weighted by Gasteiger charge is 2.37. The van der Waals surface area contributed by atoms with Crippen LogP contribution in [-0.2, 0) is 22.7 Å². The molecule has 4 amide bonds. The van der Waals surface area contributed by atoms with E-state index in [-0.39, 0.29) is 31.2 Å². The fraction of sp³-hybridized carbons (Fsp3) is 0.278. The van der Waals surface area contributed by atoms with E-state index in [1.807, 2.05) is 30.3 Å². The first-order chi connectivity index (χ1) is 12.1. The van der Waals surface area contributed by atoms with Crippen molar-refractivity contribution in [3.63, 3.8) is 0 Å². The van der Waals surface area contributed by atoms with Crippen molar-refractivity contribution >= 4 is 17.8 Å². The normalized spacial score (nSPS) is 16.8. The lowest BCUT2D eigenvalue weighted by molar-refractivity contribution is -0.128. The van der Waals surface area contributed by atoms with Crippen LogP contribution in [0.25, 0.3) is 0 Å². The molecule has 25 heavy (non-hydrogen) atoms. The average Bonchev–Trinajstić information content (AvgIpc) is 3.23. The quantitative estimate of drug-likeness (QED) is 0.751. The van der Waals surface area contributed by atoms with Crippen molar-refractivity contribution < 1.29 is 18.8 Å². The number of carbonyl (C=O) groups is 3. The monoisotopic (exact) mass is 341 g/mol. The molecule has 130 valence electrons. The van der Waals surface area contributed by atoms with Gasteiger partial charge in [-0.2, -0.15) is 0 Å². The third kappa shape index (κ3) is 4.26. The van der Waals surface area contributed by atoms with Gasteiger partial charge >= 0.3 is 6.03 Å². The number of carbonyl (C=O) groups excluding carboxylic acids is 3. The molecule has 1 aromatic heterocycles. The summed E-state index contributed by atoms with van der Waals surface area (Å²) in [6.07, 6.45) is 1.95. The molecule has 1 aliphatic rings. The predicted molar refractivity (Wildman–Crippen MR) is 89.1 cm³/mol. The molecule has 1 aromatic carbocycles. The largest absolute Gasteiger partial charge is 0.467 e. The maximum absolute atomic E-state index is 12.4. The Balaban J connectivity index is 1.47. The van der Waals surface area contributed by atoms with Crippen molar-refractivity contribution in [2.45, 2.75) is 32.0 Å². The molecule has 1 aliphatic heterocycles. The Bertz CT molecular complexity index is 743. The first-order valence-corrected chi connectivity index (χ1v) is 8.08. The lowest BCUT2D eigenvalue weighted by Crippen LogP contribution is -2.32. The van der Waals surface area contributed by atoms with Crippen LogP contribution in [0.4, 0.5) is 4.79 Å². The van der Waals surface area contributed by atoms with Crippen LogP contribution < -0.4 is 10.6 Å². The Labute approximate surface area is 145 Å². The Kier molecular flexibility index (Phi) is 5.13. The SMILES string of the molecule is O=C(CC[C@@H]1NC(=O)N(Cc2ccccc2)C1=O)NCc1ccco1. The van der Waals surface area contributed by atoms with E-state index in [0.29, 0.717) is 12.3 Å². The fourth-order valence-corrected chi connectivity index (χ4v) is 2.65. The second-order valence-electron chi connectivity index (χ2n) is 5.81. The zero-order valence-corrected chi connectivity index (χ0v) is 13.6. The number of benzene rings is 1. The number of hydrogen-bond donors (Lipinski definition) is 2. The molecule has 0 aliphatic carbocycles. The third-order valence-electron chi connectivity index (χ3n) is 3.99. The Morgan fingerprint density at radius 2 is 1.96 bits per heavy atom. The number of urea groups is 1. The van der Waals surface area contributed by atoms with Gasteiger partial charge in [0.25, 0.3) is 5.91 Å². The summed E-state index contributed by atoms with van der Waals surface area (Å²) in [6.45, 7) is 0.531. The highest BCUT2D eigenvalue weighted by molar-refractivity contribution is 6.04. The third-order valence-corrected chi connectivity index (χ3v) is 3.99. The van der Waals surface area contributed by atoms with Crippen LogP contribution in [0.3, 0.4) is 0 Å². The zero-order valence-electron chi connectivity index (χ0n) is 13.6. The molecule has 1 saturated heterocycles. The first-order valence-electron chi connectivity index (χ1n) is 8.08. The summed E-state index contributed by atoms with van der Waals surface area (Å²) in [5.74, 6) is 0.167. The minimum absolute atomic E-state index is 0.149. The molecule has 1 atom stereocenters. The van der Waals surface area contributed by atoms with Crippen molar-refractivity contribution in [1.29, 1.82) is 0 Å². The molecule has 7 heteroatoms. The highest BCUT2D eigenvalue weighted by atomic mass is 16.3. The molecule has 0 bridgehead atoms. The highest BCUT2D eigenvalue weighted by Crippen LogP contribution is 2.15. The van der Waals surface area contributed by atoms with Gasteiger partial charge in [-0.1, -0.05) is 30.3 Å². The number of hydrogen-bond acceptors (Lipinski definition) is 4. The Morgan fingerprint density at radius 1 is 1.16 bits per heavy atom. The molecule has 3 rings (SSSR count). The Hall–Kier alpha value is -3.09. The maximum Gasteiger partial charge on any atom is 0.325 e. The fourth-order valence-electron chi connectivity index (χ4n) is 2.65. The number of nitrogens with one attached hydrogen (secondary N) is 2. The van der Waals surface area contributed by atoms with E-state index < -0.39 is 12.1 Å². The number of imide groups is 1. The molecular formula is C18H19N3O4. The van der Waals surface area contributed by atoms with Gasteiger partial charge in [0.2, 0.25) is 5.91 Å². The van der Waals surface area contributed by atoms with E-state index in [2.05, 4.69) is 10.6 Å². The molecule has 2 aromatic rings. The summed E-state index contributed by atoms with van der Waals surface area (Å²) in [5.41, 5.74) is 0.878. The van der Waals surface area contributed by atoms with Gasteiger partial charge in [-0.3, -0.25) is 14.5 Å². The van der Waals surface area contributed by atoms with Crippen molar-refractivity contribution in [1.82, 2.24) is 15.5 Å². The molecule has 0 radical (unpaired) electrons. The molecule has 0 saturated carbocycles. The van der Waals surface area contributed by atoms with Gasteiger partial charge in [0.05, 0.1) is 19.4 Å².